The molecule has 0 bridgehead atoms. The van der Waals surface area contributed by atoms with Gasteiger partial charge in [0.2, 0.25) is 70.9 Å². The van der Waals surface area contributed by atoms with Gasteiger partial charge in [0, 0.05) is 34.3 Å². The van der Waals surface area contributed by atoms with Crippen molar-refractivity contribution in [3.63, 3.8) is 0 Å². The first-order valence-electron chi connectivity index (χ1n) is 35.0. The zero-order valence-electron chi connectivity index (χ0n) is 60.5. The molecule has 0 saturated carbocycles. The predicted octanol–water partition coefficient (Wildman–Crippen LogP) is 4.24. The third-order valence-electron chi connectivity index (χ3n) is 18.6. The number of benzene rings is 3. The Morgan fingerprint density at radius 2 is 0.574 bits per heavy atom. The van der Waals surface area contributed by atoms with E-state index in [4.69, 9.17) is 52.0 Å². The summed E-state index contributed by atoms with van der Waals surface area (Å²) >= 11 is 18.9. The number of primary amides is 1. The highest BCUT2D eigenvalue weighted by molar-refractivity contribution is 6.31. The van der Waals surface area contributed by atoms with Crippen LogP contribution in [0.4, 0.5) is 0 Å². The lowest BCUT2D eigenvalue weighted by molar-refractivity contribution is -0.137. The van der Waals surface area contributed by atoms with E-state index in [9.17, 15) is 47.9 Å². The molecule has 560 valence electrons. The molecule has 0 saturated heterocycles. The summed E-state index contributed by atoms with van der Waals surface area (Å²) in [5.41, 5.74) is 19.0. The van der Waals surface area contributed by atoms with Gasteiger partial charge in [-0.3, -0.25) is 57.5 Å². The Morgan fingerprint density at radius 1 is 0.327 bits per heavy atom. The van der Waals surface area contributed by atoms with Crippen molar-refractivity contribution < 1.29 is 57.5 Å². The summed E-state index contributed by atoms with van der Waals surface area (Å²) in [6.07, 6.45) is 3.11. The van der Waals surface area contributed by atoms with Crippen LogP contribution < -0.4 is 75.7 Å². The molecule has 3 rings (SSSR count). The molecule has 0 heterocycles. The van der Waals surface area contributed by atoms with E-state index in [1.165, 1.54) is 20.8 Å². The molecule has 17 unspecified atom stereocenters. The number of unbranched alkanes of at least 4 members (excludes halogenated alkanes) is 1. The molecule has 3 aromatic rings. The maximum Gasteiger partial charge on any atom is 0.243 e. The van der Waals surface area contributed by atoms with Gasteiger partial charge in [0.15, 0.2) is 0 Å². The number of nitrogens with two attached hydrogens (primary N) is 3. The Hall–Kier alpha value is -7.91. The van der Waals surface area contributed by atoms with Crippen molar-refractivity contribution in [2.24, 2.45) is 46.8 Å². The molecule has 101 heavy (non-hydrogen) atoms. The molecular weight excluding hydrogens is 1360 g/mol. The third kappa shape index (κ3) is 28.8. The lowest BCUT2D eigenvalue weighted by Crippen LogP contribution is -2.63. The second-order valence-electron chi connectivity index (χ2n) is 26.5. The average molecular weight is 1470 g/mol. The van der Waals surface area contributed by atoms with Crippen LogP contribution in [0.15, 0.2) is 72.8 Å². The molecular formula is C72H109Cl3N14O12. The van der Waals surface area contributed by atoms with E-state index >= 15 is 9.59 Å². The number of hydrogen-bond acceptors (Lipinski definition) is 14. The first-order chi connectivity index (χ1) is 47.6. The maximum atomic E-state index is 15.1. The largest absolute Gasteiger partial charge is 0.368 e. The van der Waals surface area contributed by atoms with E-state index in [0.29, 0.717) is 83.2 Å². The van der Waals surface area contributed by atoms with Gasteiger partial charge in [0.05, 0.1) is 6.04 Å². The number of halogens is 3. The third-order valence-corrected chi connectivity index (χ3v) is 19.3. The van der Waals surface area contributed by atoms with Crippen molar-refractivity contribution in [3.05, 3.63) is 105 Å². The molecule has 3 aromatic carbocycles. The molecule has 17 N–H and O–H groups in total. The van der Waals surface area contributed by atoms with Gasteiger partial charge < -0.3 is 75.7 Å². The van der Waals surface area contributed by atoms with Crippen molar-refractivity contribution >= 4 is 106 Å². The minimum atomic E-state index is -1.45. The second-order valence-corrected chi connectivity index (χ2v) is 27.8. The number of carbonyl (C=O) groups excluding carboxylic acids is 12. The zero-order chi connectivity index (χ0) is 76.0. The van der Waals surface area contributed by atoms with Crippen molar-refractivity contribution in [1.29, 1.82) is 0 Å². The van der Waals surface area contributed by atoms with Crippen LogP contribution in [0.25, 0.3) is 0 Å². The number of amides is 12. The summed E-state index contributed by atoms with van der Waals surface area (Å²) in [6.45, 7) is 22.4. The summed E-state index contributed by atoms with van der Waals surface area (Å²) in [4.78, 5) is 168. The van der Waals surface area contributed by atoms with Crippen LogP contribution in [0.2, 0.25) is 15.1 Å². The Kier molecular flexibility index (Phi) is 37.9. The Balaban J connectivity index is 1.98. The van der Waals surface area contributed by atoms with Crippen molar-refractivity contribution in [1.82, 2.24) is 58.5 Å². The maximum absolute atomic E-state index is 15.1. The monoisotopic (exact) mass is 1470 g/mol. The molecule has 26 nitrogen and oxygen atoms in total. The normalized spacial score (nSPS) is 16.3. The van der Waals surface area contributed by atoms with Crippen molar-refractivity contribution in [3.8, 4) is 0 Å². The van der Waals surface area contributed by atoms with E-state index in [0.717, 1.165) is 0 Å². The van der Waals surface area contributed by atoms with E-state index < -0.39 is 167 Å². The first kappa shape index (κ1) is 87.3. The SMILES string of the molecule is CCC(C)C(N)C(=O)NC(C(=O)NC(Cc1ccc(Cl)cc1)C(=O)NC(Cc1ccc(Cl)cc1)C(=O)NC(Cc1ccc(Cl)cc1)C(=O)NC(C(=O)NC(C(=O)NC(C(=O)NC(C)C(=O)NC(C)C(=O)NC(C)C(=O)NC(CCCCN)C(N)=O)C(C)CC)C(C)CC)C(C)CC)C(C)CC. The molecule has 0 spiro atoms. The highest BCUT2D eigenvalue weighted by Gasteiger charge is 2.39. The fourth-order valence-electron chi connectivity index (χ4n) is 10.6. The molecule has 12 amide bonds. The summed E-state index contributed by atoms with van der Waals surface area (Å²) in [6, 6.07) is 4.87. The van der Waals surface area contributed by atoms with Crippen molar-refractivity contribution in [2.45, 2.75) is 233 Å². The van der Waals surface area contributed by atoms with Crippen LogP contribution in [0, 0.1) is 29.6 Å². The van der Waals surface area contributed by atoms with Crippen LogP contribution in [0.5, 0.6) is 0 Å². The van der Waals surface area contributed by atoms with Gasteiger partial charge in [-0.2, -0.15) is 0 Å². The molecule has 0 aromatic heterocycles. The number of rotatable bonds is 43. The summed E-state index contributed by atoms with van der Waals surface area (Å²) in [5, 5.41) is 31.2. The van der Waals surface area contributed by atoms with E-state index in [2.05, 4.69) is 58.5 Å². The molecule has 0 fully saturated rings. The average Bonchev–Trinajstić information content (AvgIpc) is 0.920. The number of hydrogen-bond donors (Lipinski definition) is 14. The fourth-order valence-corrected chi connectivity index (χ4v) is 10.9. The van der Waals surface area contributed by atoms with E-state index in [-0.39, 0.29) is 31.6 Å². The van der Waals surface area contributed by atoms with Crippen molar-refractivity contribution in [2.75, 3.05) is 6.54 Å². The van der Waals surface area contributed by atoms with Gasteiger partial charge in [-0.05, 0) is 129 Å². The van der Waals surface area contributed by atoms with Gasteiger partial charge >= 0.3 is 0 Å². The second kappa shape index (κ2) is 43.8. The van der Waals surface area contributed by atoms with Gasteiger partial charge in [0.1, 0.15) is 66.5 Å². The molecule has 17 atom stereocenters. The smallest absolute Gasteiger partial charge is 0.243 e. The molecule has 0 aliphatic rings. The minimum Gasteiger partial charge on any atom is -0.368 e. The van der Waals surface area contributed by atoms with Gasteiger partial charge in [-0.1, -0.05) is 173 Å². The summed E-state index contributed by atoms with van der Waals surface area (Å²) < 4.78 is 0. The predicted molar refractivity (Wildman–Crippen MR) is 391 cm³/mol. The van der Waals surface area contributed by atoms with Crippen LogP contribution in [-0.4, -0.2) is 150 Å². The Labute approximate surface area is 609 Å². The van der Waals surface area contributed by atoms with Gasteiger partial charge in [-0.25, -0.2) is 0 Å². The minimum absolute atomic E-state index is 0.0952. The van der Waals surface area contributed by atoms with Crippen LogP contribution in [0.3, 0.4) is 0 Å². The van der Waals surface area contributed by atoms with Gasteiger partial charge in [-0.15, -0.1) is 0 Å². The lowest BCUT2D eigenvalue weighted by atomic mass is 9.93. The number of carbonyl (C=O) groups is 12. The molecule has 0 aliphatic carbocycles. The van der Waals surface area contributed by atoms with Crippen LogP contribution in [0.1, 0.15) is 158 Å². The van der Waals surface area contributed by atoms with Crippen LogP contribution >= 0.6 is 34.8 Å². The Morgan fingerprint density at radius 3 is 0.881 bits per heavy atom. The Bertz CT molecular complexity index is 3240. The molecule has 29 heteroatoms. The highest BCUT2D eigenvalue weighted by Crippen LogP contribution is 2.20. The first-order valence-corrected chi connectivity index (χ1v) is 36.1. The topological polar surface area (TPSA) is 415 Å². The molecule has 0 aliphatic heterocycles. The quantitative estimate of drug-likeness (QED) is 0.0353. The number of nitrogens with one attached hydrogen (secondary N) is 11. The molecule has 0 radical (unpaired) electrons. The van der Waals surface area contributed by atoms with Crippen LogP contribution in [-0.2, 0) is 76.8 Å². The van der Waals surface area contributed by atoms with E-state index in [1.54, 1.807) is 121 Å². The standard InChI is InChI=1S/C72H109Cl3N14O12/c1-14-38(6)56(77)68(97)87-58(40(8)16-3)70(99)85-54(36-47-24-30-50(74)31-25-47)66(95)83-53(35-46-22-28-49(73)29-23-46)65(94)84-55(37-48-26-32-51(75)33-27-48)67(96)86-59(41(9)17-4)71(100)89-60(42(10)18-5)72(101)88-57(39(7)15-2)69(98)81-44(12)63(92)79-43(11)62(91)80-45(13)64(93)82-52(61(78)90)21-19-20-34-76/h22-33,38-45,52-60H,14-21,34-37,76-77H2,1-13H3,(H2,78,90)(H,79,92)(H,80,91)(H,81,98)(H,82,93)(H,83,95)(H,84,94)(H,85,99)(H,86,96)(H,87,97)(H,88,101)(H,89,100). The van der Waals surface area contributed by atoms with E-state index in [1.807, 2.05) is 20.8 Å². The lowest BCUT2D eigenvalue weighted by Gasteiger charge is -2.32. The fraction of sp³-hybridized carbons (Fsp3) is 0.583. The summed E-state index contributed by atoms with van der Waals surface area (Å²) in [7, 11) is 0. The summed E-state index contributed by atoms with van der Waals surface area (Å²) in [5.74, 6) is -11.2. The highest BCUT2D eigenvalue weighted by atomic mass is 35.5. The zero-order valence-corrected chi connectivity index (χ0v) is 62.8. The van der Waals surface area contributed by atoms with Gasteiger partial charge in [0.25, 0.3) is 0 Å².